The van der Waals surface area contributed by atoms with E-state index in [4.69, 9.17) is 17.0 Å². The summed E-state index contributed by atoms with van der Waals surface area (Å²) in [6, 6.07) is 3.99. The van der Waals surface area contributed by atoms with E-state index in [0.29, 0.717) is 5.02 Å². The molecule has 0 saturated carbocycles. The molecule has 0 aliphatic carbocycles. The van der Waals surface area contributed by atoms with Crippen LogP contribution >= 0.6 is 11.6 Å². The molecule has 0 unspecified atom stereocenters. The molecular formula is C6H3ClN2O. The summed E-state index contributed by atoms with van der Waals surface area (Å²) in [5, 5.41) is 19.3. The first-order valence-electron chi connectivity index (χ1n) is 2.55. The summed E-state index contributed by atoms with van der Waals surface area (Å²) in [5.41, 5.74) is -0.0347. The lowest BCUT2D eigenvalue weighted by molar-refractivity contribution is -0.266. The highest BCUT2D eigenvalue weighted by Gasteiger charge is 2.04. The topological polar surface area (TPSA) is 51.2 Å². The number of diazo groups is 1. The van der Waals surface area contributed by atoms with Gasteiger partial charge in [-0.15, -0.1) is 0 Å². The van der Waals surface area contributed by atoms with Crippen LogP contribution in [-0.4, -0.2) is 0 Å². The summed E-state index contributed by atoms with van der Waals surface area (Å²) in [5.74, 6) is -0.341. The summed E-state index contributed by atoms with van der Waals surface area (Å²) in [7, 11) is 0. The van der Waals surface area contributed by atoms with E-state index < -0.39 is 0 Å². The van der Waals surface area contributed by atoms with Crippen LogP contribution in [0.2, 0.25) is 5.02 Å². The van der Waals surface area contributed by atoms with Crippen LogP contribution in [0.1, 0.15) is 0 Å². The fourth-order valence-electron chi connectivity index (χ4n) is 0.569. The van der Waals surface area contributed by atoms with Crippen LogP contribution in [0.3, 0.4) is 0 Å². The van der Waals surface area contributed by atoms with E-state index in [1.54, 1.807) is 0 Å². The van der Waals surface area contributed by atoms with Gasteiger partial charge in [0.2, 0.25) is 5.39 Å². The maximum Gasteiger partial charge on any atom is 0.378 e. The highest BCUT2D eigenvalue weighted by atomic mass is 35.5. The summed E-state index contributed by atoms with van der Waals surface area (Å²) in [4.78, 5) is 2.73. The van der Waals surface area contributed by atoms with Crippen molar-refractivity contribution in [2.75, 3.05) is 0 Å². The van der Waals surface area contributed by atoms with Gasteiger partial charge in [-0.05, 0) is 11.8 Å². The van der Waals surface area contributed by atoms with E-state index in [-0.39, 0.29) is 11.4 Å². The fourth-order valence-corrected chi connectivity index (χ4v) is 0.735. The molecule has 0 N–H and O–H groups in total. The fraction of sp³-hybridized carbons (Fsp3) is 0. The molecule has 0 aliphatic heterocycles. The summed E-state index contributed by atoms with van der Waals surface area (Å²) >= 11 is 5.49. The molecule has 50 valence electrons. The zero-order chi connectivity index (χ0) is 7.56. The normalized spacial score (nSPS) is 8.80. The molecule has 0 atom stereocenters. The van der Waals surface area contributed by atoms with E-state index >= 15 is 0 Å². The summed E-state index contributed by atoms with van der Waals surface area (Å²) in [6.45, 7) is 0. The summed E-state index contributed by atoms with van der Waals surface area (Å²) in [6.07, 6.45) is 0. The highest BCUT2D eigenvalue weighted by molar-refractivity contribution is 6.30. The number of hydrogen-bond donors (Lipinski definition) is 0. The molecule has 0 heterocycles. The first-order valence-corrected chi connectivity index (χ1v) is 2.93. The Labute approximate surface area is 62.5 Å². The first kappa shape index (κ1) is 6.84. The standard InChI is InChI=1S/C6H3ClN2O/c7-4-1-2-6(10)5(3-4)9-8/h1-3H. The number of halogens is 1. The van der Waals surface area contributed by atoms with Gasteiger partial charge < -0.3 is 5.11 Å². The number of benzene rings is 1. The van der Waals surface area contributed by atoms with Gasteiger partial charge in [0.25, 0.3) is 0 Å². The SMILES string of the molecule is N#[N+]c1cc(Cl)ccc1[O-]. The van der Waals surface area contributed by atoms with Crippen LogP contribution in [-0.2, 0) is 0 Å². The Morgan fingerprint density at radius 2 is 2.20 bits per heavy atom. The first-order chi connectivity index (χ1) is 4.74. The Kier molecular flexibility index (Phi) is 1.74. The highest BCUT2D eigenvalue weighted by Crippen LogP contribution is 2.26. The van der Waals surface area contributed by atoms with Gasteiger partial charge in [0.15, 0.2) is 4.98 Å². The van der Waals surface area contributed by atoms with Crippen molar-refractivity contribution in [3.63, 3.8) is 0 Å². The van der Waals surface area contributed by atoms with Crippen molar-refractivity contribution in [3.8, 4) is 5.75 Å². The molecule has 1 aromatic rings. The molecule has 0 aliphatic rings. The van der Waals surface area contributed by atoms with E-state index in [2.05, 4.69) is 4.98 Å². The third kappa shape index (κ3) is 1.17. The van der Waals surface area contributed by atoms with Gasteiger partial charge in [0.05, 0.1) is 6.07 Å². The Balaban J connectivity index is 3.25. The van der Waals surface area contributed by atoms with E-state index in [9.17, 15) is 5.11 Å². The van der Waals surface area contributed by atoms with Crippen LogP contribution < -0.4 is 5.11 Å². The molecule has 1 rings (SSSR count). The average Bonchev–Trinajstić information content (AvgIpc) is 1.94. The molecule has 0 bridgehead atoms. The van der Waals surface area contributed by atoms with Crippen LogP contribution in [0.4, 0.5) is 5.69 Å². The molecule has 0 saturated heterocycles. The van der Waals surface area contributed by atoms with Crippen LogP contribution in [0.5, 0.6) is 5.75 Å². The predicted molar refractivity (Wildman–Crippen MR) is 35.6 cm³/mol. The lowest BCUT2D eigenvalue weighted by Gasteiger charge is -1.97. The van der Waals surface area contributed by atoms with Crippen LogP contribution in [0.15, 0.2) is 18.2 Å². The number of hydrogen-bond acceptors (Lipinski definition) is 2. The Bertz CT molecular complexity index is 292. The smallest absolute Gasteiger partial charge is 0.378 e. The van der Waals surface area contributed by atoms with Crippen molar-refractivity contribution in [2.45, 2.75) is 0 Å². The second-order valence-corrected chi connectivity index (χ2v) is 2.15. The van der Waals surface area contributed by atoms with Crippen molar-refractivity contribution >= 4 is 17.3 Å². The largest absolute Gasteiger partial charge is 0.867 e. The van der Waals surface area contributed by atoms with Gasteiger partial charge in [0, 0.05) is 5.02 Å². The third-order valence-electron chi connectivity index (χ3n) is 1.03. The minimum absolute atomic E-state index is 0.0347. The van der Waals surface area contributed by atoms with E-state index in [1.165, 1.54) is 18.2 Å². The second kappa shape index (κ2) is 2.54. The third-order valence-corrected chi connectivity index (χ3v) is 1.26. The van der Waals surface area contributed by atoms with Gasteiger partial charge in [-0.2, -0.15) is 0 Å². The molecule has 4 heteroatoms. The van der Waals surface area contributed by atoms with Crippen molar-refractivity contribution in [2.24, 2.45) is 0 Å². The molecular weight excluding hydrogens is 152 g/mol. The zero-order valence-corrected chi connectivity index (χ0v) is 5.67. The van der Waals surface area contributed by atoms with Crippen molar-refractivity contribution < 1.29 is 5.11 Å². The van der Waals surface area contributed by atoms with Gasteiger partial charge in [-0.3, -0.25) is 0 Å². The maximum atomic E-state index is 10.7. The molecule has 0 aromatic heterocycles. The van der Waals surface area contributed by atoms with Crippen LogP contribution in [0, 0.1) is 5.39 Å². The Hall–Kier alpha value is -1.27. The molecule has 0 radical (unpaired) electrons. The Morgan fingerprint density at radius 3 is 2.70 bits per heavy atom. The van der Waals surface area contributed by atoms with Gasteiger partial charge >= 0.3 is 5.69 Å². The molecule has 0 amide bonds. The molecule has 3 nitrogen and oxygen atoms in total. The zero-order valence-electron chi connectivity index (χ0n) is 4.91. The Morgan fingerprint density at radius 1 is 1.50 bits per heavy atom. The lowest BCUT2D eigenvalue weighted by Crippen LogP contribution is -1.87. The van der Waals surface area contributed by atoms with Gasteiger partial charge in [-0.1, -0.05) is 17.7 Å². The van der Waals surface area contributed by atoms with E-state index in [1.807, 2.05) is 0 Å². The van der Waals surface area contributed by atoms with Gasteiger partial charge in [-0.25, -0.2) is 0 Å². The predicted octanol–water partition coefficient (Wildman–Crippen LogP) is 1.90. The van der Waals surface area contributed by atoms with Crippen molar-refractivity contribution in [1.29, 1.82) is 5.39 Å². The average molecular weight is 155 g/mol. The maximum absolute atomic E-state index is 10.7. The number of rotatable bonds is 0. The van der Waals surface area contributed by atoms with Crippen LogP contribution in [0.25, 0.3) is 4.98 Å². The minimum atomic E-state index is -0.341. The van der Waals surface area contributed by atoms with Gasteiger partial charge in [0.1, 0.15) is 0 Å². The molecule has 0 spiro atoms. The minimum Gasteiger partial charge on any atom is -0.867 e. The van der Waals surface area contributed by atoms with E-state index in [0.717, 1.165) is 0 Å². The lowest BCUT2D eigenvalue weighted by atomic mass is 10.3. The molecule has 1 aromatic carbocycles. The number of nitrogens with zero attached hydrogens (tertiary/aromatic N) is 2. The second-order valence-electron chi connectivity index (χ2n) is 1.71. The molecule has 10 heavy (non-hydrogen) atoms. The molecule has 0 fully saturated rings. The quantitative estimate of drug-likeness (QED) is 0.536. The summed E-state index contributed by atoms with van der Waals surface area (Å²) < 4.78 is 0. The van der Waals surface area contributed by atoms with Crippen molar-refractivity contribution in [1.82, 2.24) is 0 Å². The monoisotopic (exact) mass is 154 g/mol. The van der Waals surface area contributed by atoms with Crippen molar-refractivity contribution in [3.05, 3.63) is 28.2 Å².